The number of nitrogens with zero attached hydrogens (tertiary/aromatic N) is 2. The summed E-state index contributed by atoms with van der Waals surface area (Å²) < 4.78 is 0. The quantitative estimate of drug-likeness (QED) is 0.210. The van der Waals surface area contributed by atoms with E-state index in [2.05, 4.69) is 158 Å². The molecule has 0 unspecified atom stereocenters. The van der Waals surface area contributed by atoms with Gasteiger partial charge in [-0.05, 0) is 40.1 Å². The van der Waals surface area contributed by atoms with E-state index < -0.39 is 0 Å². The standard InChI is InChI=1S/C40H26N2/c1-2-11-28(12-3-1)32-17-9-19-35-39(32)34-16-6-7-20-38(34)42-40(35)30-25-23-29(24-26-30)36-21-10-22-37(41-36)33-18-8-14-27-13-4-5-15-31(27)33/h1-26H. The summed E-state index contributed by atoms with van der Waals surface area (Å²) in [7, 11) is 0. The van der Waals surface area contributed by atoms with Crippen LogP contribution in [-0.2, 0) is 0 Å². The van der Waals surface area contributed by atoms with Crippen LogP contribution < -0.4 is 0 Å². The zero-order valence-electron chi connectivity index (χ0n) is 22.9. The van der Waals surface area contributed by atoms with Gasteiger partial charge in [-0.25, -0.2) is 9.97 Å². The summed E-state index contributed by atoms with van der Waals surface area (Å²) >= 11 is 0. The van der Waals surface area contributed by atoms with Gasteiger partial charge in [0.1, 0.15) is 0 Å². The Morgan fingerprint density at radius 3 is 1.83 bits per heavy atom. The third-order valence-corrected chi connectivity index (χ3v) is 8.08. The topological polar surface area (TPSA) is 25.8 Å². The van der Waals surface area contributed by atoms with Gasteiger partial charge in [0.05, 0.1) is 22.6 Å². The number of fused-ring (bicyclic) bond motifs is 4. The van der Waals surface area contributed by atoms with E-state index in [4.69, 9.17) is 9.97 Å². The number of aromatic nitrogens is 2. The second-order valence-corrected chi connectivity index (χ2v) is 10.6. The molecule has 8 rings (SSSR count). The summed E-state index contributed by atoms with van der Waals surface area (Å²) in [6, 6.07) is 55.4. The molecule has 0 aliphatic heterocycles. The highest BCUT2D eigenvalue weighted by Gasteiger charge is 2.15. The molecule has 0 aliphatic carbocycles. The SMILES string of the molecule is c1ccc(-c2cccc3c(-c4ccc(-c5cccc(-c6cccc7ccccc67)n5)cc4)nc4ccccc4c23)cc1. The maximum atomic E-state index is 5.18. The van der Waals surface area contributed by atoms with E-state index in [9.17, 15) is 0 Å². The maximum Gasteiger partial charge on any atom is 0.0788 e. The van der Waals surface area contributed by atoms with Crippen molar-refractivity contribution in [2.45, 2.75) is 0 Å². The average molecular weight is 535 g/mol. The van der Waals surface area contributed by atoms with Crippen molar-refractivity contribution in [2.24, 2.45) is 0 Å². The van der Waals surface area contributed by atoms with Crippen molar-refractivity contribution in [2.75, 3.05) is 0 Å². The lowest BCUT2D eigenvalue weighted by molar-refractivity contribution is 1.33. The zero-order chi connectivity index (χ0) is 27.9. The van der Waals surface area contributed by atoms with E-state index in [1.807, 2.05) is 0 Å². The molecule has 0 spiro atoms. The number of hydrogen-bond acceptors (Lipinski definition) is 2. The summed E-state index contributed by atoms with van der Waals surface area (Å²) in [5, 5.41) is 5.99. The van der Waals surface area contributed by atoms with Crippen molar-refractivity contribution in [1.82, 2.24) is 9.97 Å². The van der Waals surface area contributed by atoms with E-state index in [1.54, 1.807) is 0 Å². The highest BCUT2D eigenvalue weighted by atomic mass is 14.7. The van der Waals surface area contributed by atoms with Crippen LogP contribution in [0.5, 0.6) is 0 Å². The first kappa shape index (κ1) is 24.2. The lowest BCUT2D eigenvalue weighted by Crippen LogP contribution is -1.92. The maximum absolute atomic E-state index is 5.18. The van der Waals surface area contributed by atoms with Crippen LogP contribution in [0.4, 0.5) is 0 Å². The molecule has 0 N–H and O–H groups in total. The number of benzene rings is 6. The molecule has 2 heterocycles. The number of hydrogen-bond donors (Lipinski definition) is 0. The molecule has 0 amide bonds. The summed E-state index contributed by atoms with van der Waals surface area (Å²) in [6.07, 6.45) is 0. The molecular weight excluding hydrogens is 508 g/mol. The minimum absolute atomic E-state index is 0.953. The van der Waals surface area contributed by atoms with Crippen molar-refractivity contribution >= 4 is 32.4 Å². The molecule has 196 valence electrons. The number of pyridine rings is 2. The monoisotopic (exact) mass is 534 g/mol. The largest absolute Gasteiger partial charge is 0.248 e. The first-order valence-corrected chi connectivity index (χ1v) is 14.3. The minimum Gasteiger partial charge on any atom is -0.248 e. The Labute approximate surface area is 244 Å². The Hall–Kier alpha value is -5.60. The van der Waals surface area contributed by atoms with Crippen LogP contribution in [0.25, 0.3) is 77.3 Å². The molecule has 2 nitrogen and oxygen atoms in total. The fourth-order valence-corrected chi connectivity index (χ4v) is 6.07. The van der Waals surface area contributed by atoms with Crippen molar-refractivity contribution in [1.29, 1.82) is 0 Å². The van der Waals surface area contributed by atoms with E-state index in [0.29, 0.717) is 0 Å². The van der Waals surface area contributed by atoms with Gasteiger partial charge >= 0.3 is 0 Å². The number of para-hydroxylation sites is 1. The molecule has 2 heteroatoms. The average Bonchev–Trinajstić information content (AvgIpc) is 3.08. The third kappa shape index (κ3) is 4.13. The fraction of sp³-hybridized carbons (Fsp3) is 0. The van der Waals surface area contributed by atoms with Crippen molar-refractivity contribution in [3.8, 4) is 44.9 Å². The van der Waals surface area contributed by atoms with Crippen molar-refractivity contribution in [3.05, 3.63) is 158 Å². The van der Waals surface area contributed by atoms with Crippen molar-refractivity contribution in [3.63, 3.8) is 0 Å². The predicted molar refractivity (Wildman–Crippen MR) is 176 cm³/mol. The van der Waals surface area contributed by atoms with Crippen LogP contribution in [0.2, 0.25) is 0 Å². The molecule has 0 fully saturated rings. The molecule has 0 atom stereocenters. The van der Waals surface area contributed by atoms with Gasteiger partial charge in [0.25, 0.3) is 0 Å². The van der Waals surface area contributed by atoms with Gasteiger partial charge in [0, 0.05) is 32.8 Å². The second kappa shape index (κ2) is 10.1. The molecule has 42 heavy (non-hydrogen) atoms. The highest BCUT2D eigenvalue weighted by molar-refractivity contribution is 6.17. The summed E-state index contributed by atoms with van der Waals surface area (Å²) in [5.41, 5.74) is 9.66. The Balaban J connectivity index is 1.24. The first-order valence-electron chi connectivity index (χ1n) is 14.3. The predicted octanol–water partition coefficient (Wildman–Crippen LogP) is 10.6. The highest BCUT2D eigenvalue weighted by Crippen LogP contribution is 2.39. The number of rotatable bonds is 4. The Morgan fingerprint density at radius 2 is 0.952 bits per heavy atom. The van der Waals surface area contributed by atoms with E-state index in [-0.39, 0.29) is 0 Å². The molecule has 0 saturated heterocycles. The van der Waals surface area contributed by atoms with Crippen LogP contribution in [0.3, 0.4) is 0 Å². The molecule has 0 aliphatic rings. The van der Waals surface area contributed by atoms with Gasteiger partial charge in [0.2, 0.25) is 0 Å². The molecule has 0 saturated carbocycles. The zero-order valence-corrected chi connectivity index (χ0v) is 22.9. The smallest absolute Gasteiger partial charge is 0.0788 e. The third-order valence-electron chi connectivity index (χ3n) is 8.08. The lowest BCUT2D eigenvalue weighted by atomic mass is 9.93. The molecule has 6 aromatic carbocycles. The van der Waals surface area contributed by atoms with E-state index >= 15 is 0 Å². The van der Waals surface area contributed by atoms with Gasteiger partial charge < -0.3 is 0 Å². The minimum atomic E-state index is 0.953. The van der Waals surface area contributed by atoms with Crippen LogP contribution in [0.15, 0.2) is 158 Å². The van der Waals surface area contributed by atoms with Gasteiger partial charge in [-0.15, -0.1) is 0 Å². The summed E-state index contributed by atoms with van der Waals surface area (Å²) in [6.45, 7) is 0. The Kier molecular flexibility index (Phi) is 5.82. The van der Waals surface area contributed by atoms with Crippen LogP contribution in [0, 0.1) is 0 Å². The van der Waals surface area contributed by atoms with Crippen LogP contribution >= 0.6 is 0 Å². The van der Waals surface area contributed by atoms with Gasteiger partial charge in [-0.3, -0.25) is 0 Å². The van der Waals surface area contributed by atoms with Crippen LogP contribution in [0.1, 0.15) is 0 Å². The summed E-state index contributed by atoms with van der Waals surface area (Å²) in [4.78, 5) is 10.3. The van der Waals surface area contributed by atoms with Gasteiger partial charge in [0.15, 0.2) is 0 Å². The fourth-order valence-electron chi connectivity index (χ4n) is 6.07. The second-order valence-electron chi connectivity index (χ2n) is 10.6. The molecular formula is C40H26N2. The van der Waals surface area contributed by atoms with Crippen LogP contribution in [-0.4, -0.2) is 9.97 Å². The van der Waals surface area contributed by atoms with Gasteiger partial charge in [-0.2, -0.15) is 0 Å². The summed E-state index contributed by atoms with van der Waals surface area (Å²) in [5.74, 6) is 0. The van der Waals surface area contributed by atoms with Gasteiger partial charge in [-0.1, -0.05) is 140 Å². The lowest BCUT2D eigenvalue weighted by Gasteiger charge is -2.14. The Morgan fingerprint density at radius 1 is 0.333 bits per heavy atom. The normalized spacial score (nSPS) is 11.3. The van der Waals surface area contributed by atoms with E-state index in [1.165, 1.54) is 32.7 Å². The molecule has 2 aromatic heterocycles. The molecule has 0 radical (unpaired) electrons. The first-order chi connectivity index (χ1) is 20.8. The molecule has 8 aromatic rings. The Bertz CT molecular complexity index is 2230. The van der Waals surface area contributed by atoms with Crippen molar-refractivity contribution < 1.29 is 0 Å². The molecule has 0 bridgehead atoms. The van der Waals surface area contributed by atoms with E-state index in [0.717, 1.165) is 44.7 Å².